The minimum absolute atomic E-state index is 0. The van der Waals surface area contributed by atoms with E-state index in [9.17, 15) is 31.5 Å². The molecule has 3 aromatic rings. The number of carboxylic acid groups (broad SMARTS) is 1. The molecule has 230 valence electrons. The zero-order chi connectivity index (χ0) is 29.5. The summed E-state index contributed by atoms with van der Waals surface area (Å²) in [7, 11) is -2.95. The average Bonchev–Trinajstić information content (AvgIpc) is 2.88. The van der Waals surface area contributed by atoms with E-state index in [-0.39, 0.29) is 55.6 Å². The van der Waals surface area contributed by atoms with Gasteiger partial charge in [0.25, 0.3) is 10.0 Å². The van der Waals surface area contributed by atoms with Gasteiger partial charge in [-0.2, -0.15) is 17.5 Å². The maximum absolute atomic E-state index is 13.0. The van der Waals surface area contributed by atoms with Gasteiger partial charge < -0.3 is 30.3 Å². The lowest BCUT2D eigenvalue weighted by Crippen LogP contribution is -2.35. The fraction of sp³-hybridized carbons (Fsp3) is 0.200. The Morgan fingerprint density at radius 3 is 2.31 bits per heavy atom. The van der Waals surface area contributed by atoms with Gasteiger partial charge in [0, 0.05) is 30.0 Å². The standard InChI is InChI=1S/C25H21Cl2F3N2O7S.2H2O/c1-37-11-12-38-19-7-4-16(22(14-19)39-23-21(27)13-17(15-31-23)25(28,29)30)3-2-10-32(24(33)34)40(35,36)20-8-5-18(26)6-9-20;;/h2-9,13-15H,10-12H2,1H3,(H,33,34);2*1H2. The third-order valence-electron chi connectivity index (χ3n) is 5.07. The van der Waals surface area contributed by atoms with E-state index >= 15 is 0 Å². The van der Waals surface area contributed by atoms with Gasteiger partial charge in [0.2, 0.25) is 5.88 Å². The molecule has 42 heavy (non-hydrogen) atoms. The number of ether oxygens (including phenoxy) is 3. The van der Waals surface area contributed by atoms with Crippen molar-refractivity contribution in [3.63, 3.8) is 0 Å². The molecule has 0 aliphatic heterocycles. The van der Waals surface area contributed by atoms with Crippen molar-refractivity contribution in [2.45, 2.75) is 11.1 Å². The number of sulfonamides is 1. The normalized spacial score (nSPS) is 11.4. The first kappa shape index (κ1) is 36.4. The Hall–Kier alpha value is -3.60. The van der Waals surface area contributed by atoms with E-state index in [0.717, 1.165) is 0 Å². The predicted molar refractivity (Wildman–Crippen MR) is 148 cm³/mol. The van der Waals surface area contributed by atoms with Crippen molar-refractivity contribution >= 4 is 45.4 Å². The number of benzene rings is 2. The van der Waals surface area contributed by atoms with Crippen molar-refractivity contribution in [2.75, 3.05) is 26.9 Å². The molecule has 0 bridgehead atoms. The van der Waals surface area contributed by atoms with Gasteiger partial charge >= 0.3 is 12.3 Å². The molecule has 0 unspecified atom stereocenters. The summed E-state index contributed by atoms with van der Waals surface area (Å²) < 4.78 is 81.1. The number of aromatic nitrogens is 1. The molecule has 0 radical (unpaired) electrons. The van der Waals surface area contributed by atoms with Crippen molar-refractivity contribution in [1.82, 2.24) is 9.29 Å². The second-order valence-electron chi connectivity index (χ2n) is 7.83. The molecule has 3 rings (SSSR count). The highest BCUT2D eigenvalue weighted by Crippen LogP contribution is 2.36. The smallest absolute Gasteiger partial charge is 0.421 e. The monoisotopic (exact) mass is 656 g/mol. The lowest BCUT2D eigenvalue weighted by atomic mass is 10.1. The summed E-state index contributed by atoms with van der Waals surface area (Å²) in [6, 6.07) is 10.1. The lowest BCUT2D eigenvalue weighted by molar-refractivity contribution is -0.137. The summed E-state index contributed by atoms with van der Waals surface area (Å²) in [6.45, 7) is -0.122. The van der Waals surface area contributed by atoms with Gasteiger partial charge in [-0.05, 0) is 42.5 Å². The quantitative estimate of drug-likeness (QED) is 0.281. The molecule has 1 amide bonds. The molecule has 0 atom stereocenters. The predicted octanol–water partition coefficient (Wildman–Crippen LogP) is 4.96. The molecule has 5 N–H and O–H groups in total. The maximum Gasteiger partial charge on any atom is 0.421 e. The maximum atomic E-state index is 13.0. The van der Waals surface area contributed by atoms with E-state index in [1.807, 2.05) is 0 Å². The zero-order valence-corrected chi connectivity index (χ0v) is 23.9. The molecule has 0 spiro atoms. The number of amides is 1. The highest BCUT2D eigenvalue weighted by atomic mass is 35.5. The van der Waals surface area contributed by atoms with Gasteiger partial charge in [-0.3, -0.25) is 0 Å². The minimum Gasteiger partial charge on any atom is -0.491 e. The largest absolute Gasteiger partial charge is 0.491 e. The second-order valence-corrected chi connectivity index (χ2v) is 10.5. The van der Waals surface area contributed by atoms with E-state index in [2.05, 4.69) is 4.98 Å². The van der Waals surface area contributed by atoms with Gasteiger partial charge in [-0.1, -0.05) is 35.4 Å². The number of alkyl halides is 3. The molecule has 1 heterocycles. The van der Waals surface area contributed by atoms with Crippen LogP contribution in [0.2, 0.25) is 10.0 Å². The van der Waals surface area contributed by atoms with Crippen LogP contribution in [0.5, 0.6) is 17.4 Å². The van der Waals surface area contributed by atoms with Crippen LogP contribution in [0.3, 0.4) is 0 Å². The highest BCUT2D eigenvalue weighted by molar-refractivity contribution is 7.89. The highest BCUT2D eigenvalue weighted by Gasteiger charge is 2.32. The van der Waals surface area contributed by atoms with Crippen molar-refractivity contribution < 1.29 is 56.7 Å². The number of hydrogen-bond acceptors (Lipinski definition) is 7. The summed E-state index contributed by atoms with van der Waals surface area (Å²) in [5.41, 5.74) is -0.789. The first-order valence-corrected chi connectivity index (χ1v) is 13.4. The van der Waals surface area contributed by atoms with Crippen molar-refractivity contribution in [3.8, 4) is 17.4 Å². The number of rotatable bonds is 11. The molecule has 0 fully saturated rings. The van der Waals surface area contributed by atoms with E-state index in [4.69, 9.17) is 37.4 Å². The topological polar surface area (TPSA) is 178 Å². The van der Waals surface area contributed by atoms with Gasteiger partial charge in [0.05, 0.1) is 23.6 Å². The number of hydrogen-bond donors (Lipinski definition) is 1. The number of carbonyl (C=O) groups is 1. The van der Waals surface area contributed by atoms with Gasteiger partial charge in [0.1, 0.15) is 23.1 Å². The SMILES string of the molecule is COCCOc1ccc(C=CCN(C(=O)O)S(=O)(=O)c2ccc(Cl)cc2)c(Oc2ncc(C(F)(F)F)cc2Cl)c1.O.O. The number of nitrogens with zero attached hydrogens (tertiary/aromatic N) is 2. The molecule has 0 aliphatic rings. The van der Waals surface area contributed by atoms with Crippen LogP contribution in [-0.2, 0) is 20.9 Å². The number of pyridine rings is 1. The fourth-order valence-electron chi connectivity index (χ4n) is 3.12. The van der Waals surface area contributed by atoms with Crippen LogP contribution >= 0.6 is 23.2 Å². The molecule has 2 aromatic carbocycles. The fourth-order valence-corrected chi connectivity index (χ4v) is 4.67. The first-order chi connectivity index (χ1) is 18.8. The number of methoxy groups -OCH3 is 1. The Labute approximate surface area is 248 Å². The third-order valence-corrected chi connectivity index (χ3v) is 7.34. The van der Waals surface area contributed by atoms with Crippen molar-refractivity contribution in [3.05, 3.63) is 82.0 Å². The summed E-state index contributed by atoms with van der Waals surface area (Å²) in [4.78, 5) is 15.2. The summed E-state index contributed by atoms with van der Waals surface area (Å²) in [5, 5.41) is 9.41. The van der Waals surface area contributed by atoms with Crippen LogP contribution in [0.4, 0.5) is 18.0 Å². The molecular weight excluding hydrogens is 632 g/mol. The van der Waals surface area contributed by atoms with Gasteiger partial charge in [-0.15, -0.1) is 0 Å². The van der Waals surface area contributed by atoms with E-state index < -0.39 is 39.4 Å². The summed E-state index contributed by atoms with van der Waals surface area (Å²) in [5.74, 6) is 0.00306. The van der Waals surface area contributed by atoms with Crippen LogP contribution in [0.1, 0.15) is 11.1 Å². The van der Waals surface area contributed by atoms with Crippen LogP contribution < -0.4 is 9.47 Å². The first-order valence-electron chi connectivity index (χ1n) is 11.2. The minimum atomic E-state index is -4.67. The molecule has 17 heteroatoms. The van der Waals surface area contributed by atoms with Crippen LogP contribution in [0.15, 0.2) is 65.7 Å². The Balaban J connectivity index is 0.00000441. The zero-order valence-electron chi connectivity index (χ0n) is 21.6. The molecule has 0 saturated carbocycles. The van der Waals surface area contributed by atoms with Crippen molar-refractivity contribution in [1.29, 1.82) is 0 Å². The van der Waals surface area contributed by atoms with E-state index in [1.54, 1.807) is 6.07 Å². The third kappa shape index (κ3) is 9.47. The number of halogens is 5. The lowest BCUT2D eigenvalue weighted by Gasteiger charge is -2.18. The van der Waals surface area contributed by atoms with Gasteiger partial charge in [0.15, 0.2) is 0 Å². The van der Waals surface area contributed by atoms with Crippen LogP contribution in [-0.4, -0.2) is 66.7 Å². The van der Waals surface area contributed by atoms with E-state index in [1.165, 1.54) is 55.7 Å². The molecule has 11 nitrogen and oxygen atoms in total. The summed E-state index contributed by atoms with van der Waals surface area (Å²) in [6.07, 6.45) is -3.22. The Bertz CT molecular complexity index is 1490. The summed E-state index contributed by atoms with van der Waals surface area (Å²) >= 11 is 11.8. The van der Waals surface area contributed by atoms with Crippen LogP contribution in [0.25, 0.3) is 6.08 Å². The molecule has 0 aliphatic carbocycles. The van der Waals surface area contributed by atoms with Gasteiger partial charge in [-0.25, -0.2) is 18.2 Å². The van der Waals surface area contributed by atoms with E-state index in [0.29, 0.717) is 18.0 Å². The molecule has 1 aromatic heterocycles. The Morgan fingerprint density at radius 2 is 1.74 bits per heavy atom. The molecular formula is C25H25Cl2F3N2O9S. The Morgan fingerprint density at radius 1 is 1.07 bits per heavy atom. The second kappa shape index (κ2) is 15.6. The van der Waals surface area contributed by atoms with Crippen molar-refractivity contribution in [2.24, 2.45) is 0 Å². The average molecular weight is 657 g/mol. The van der Waals surface area contributed by atoms with Crippen LogP contribution in [0, 0.1) is 0 Å². The molecule has 0 saturated heterocycles. The Kier molecular flexibility index (Phi) is 13.5.